The Morgan fingerprint density at radius 2 is 2.16 bits per heavy atom. The third-order valence-corrected chi connectivity index (χ3v) is 4.86. The molecular weight excluding hydrogens is 342 g/mol. The van der Waals surface area contributed by atoms with E-state index >= 15 is 0 Å². The normalized spacial score (nSPS) is 20.8. The number of amides is 2. The molecule has 6 nitrogen and oxygen atoms in total. The van der Waals surface area contributed by atoms with Gasteiger partial charge in [0.15, 0.2) is 0 Å². The van der Waals surface area contributed by atoms with Crippen LogP contribution in [0.2, 0.25) is 0 Å². The van der Waals surface area contributed by atoms with E-state index in [9.17, 15) is 9.59 Å². The van der Waals surface area contributed by atoms with Gasteiger partial charge in [-0.15, -0.1) is 12.4 Å². The number of nitrogens with two attached hydrogens (primary N) is 1. The highest BCUT2D eigenvalue weighted by molar-refractivity contribution is 6.01. The number of halogens is 1. The summed E-state index contributed by atoms with van der Waals surface area (Å²) in [7, 11) is 1.58. The standard InChI is InChI=1S/C18H25N3O3.ClH/c1-11-3-6-16(24-2)15(7-11)21-10-13(8-17(21)22)18(23)20-9-14(19)12-4-5-12;/h3,6-7,12-14H,4-5,8-10,19H2,1-2H3,(H,20,23);1H. The summed E-state index contributed by atoms with van der Waals surface area (Å²) in [5, 5.41) is 2.90. The zero-order chi connectivity index (χ0) is 17.3. The second kappa shape index (κ2) is 8.06. The Morgan fingerprint density at radius 3 is 2.80 bits per heavy atom. The Bertz CT molecular complexity index is 648. The minimum Gasteiger partial charge on any atom is -0.495 e. The third kappa shape index (κ3) is 4.44. The molecule has 1 saturated heterocycles. The smallest absolute Gasteiger partial charge is 0.227 e. The quantitative estimate of drug-likeness (QED) is 0.800. The van der Waals surface area contributed by atoms with Crippen molar-refractivity contribution in [3.05, 3.63) is 23.8 Å². The summed E-state index contributed by atoms with van der Waals surface area (Å²) in [6, 6.07) is 5.73. The lowest BCUT2D eigenvalue weighted by atomic mass is 10.1. The first-order valence-electron chi connectivity index (χ1n) is 8.48. The number of nitrogens with one attached hydrogen (secondary N) is 1. The molecule has 1 aromatic rings. The molecule has 138 valence electrons. The highest BCUT2D eigenvalue weighted by Gasteiger charge is 2.37. The number of benzene rings is 1. The van der Waals surface area contributed by atoms with Crippen LogP contribution in [-0.2, 0) is 9.59 Å². The maximum absolute atomic E-state index is 12.4. The third-order valence-electron chi connectivity index (χ3n) is 4.86. The van der Waals surface area contributed by atoms with Gasteiger partial charge in [0, 0.05) is 25.6 Å². The van der Waals surface area contributed by atoms with Crippen LogP contribution in [0.15, 0.2) is 18.2 Å². The number of ether oxygens (including phenoxy) is 1. The van der Waals surface area contributed by atoms with Crippen LogP contribution in [-0.4, -0.2) is 38.1 Å². The molecule has 0 aromatic heterocycles. The predicted molar refractivity (Wildman–Crippen MR) is 99.1 cm³/mol. The highest BCUT2D eigenvalue weighted by Crippen LogP contribution is 2.34. The minimum atomic E-state index is -0.339. The van der Waals surface area contributed by atoms with E-state index in [0.29, 0.717) is 24.8 Å². The van der Waals surface area contributed by atoms with Gasteiger partial charge >= 0.3 is 0 Å². The molecule has 3 rings (SSSR count). The first-order valence-corrected chi connectivity index (χ1v) is 8.48. The molecule has 1 aromatic carbocycles. The molecule has 2 aliphatic rings. The van der Waals surface area contributed by atoms with E-state index in [1.54, 1.807) is 12.0 Å². The Hall–Kier alpha value is -1.79. The van der Waals surface area contributed by atoms with Crippen LogP contribution in [0.3, 0.4) is 0 Å². The highest BCUT2D eigenvalue weighted by atomic mass is 35.5. The number of carbonyl (C=O) groups excluding carboxylic acids is 2. The lowest BCUT2D eigenvalue weighted by Gasteiger charge is -2.20. The molecular formula is C18H26ClN3O3. The molecule has 1 aliphatic heterocycles. The lowest BCUT2D eigenvalue weighted by Crippen LogP contribution is -2.41. The van der Waals surface area contributed by atoms with E-state index in [1.807, 2.05) is 25.1 Å². The van der Waals surface area contributed by atoms with Gasteiger partial charge in [-0.05, 0) is 43.4 Å². The number of nitrogens with zero attached hydrogens (tertiary/aromatic N) is 1. The van der Waals surface area contributed by atoms with Crippen LogP contribution in [0.25, 0.3) is 0 Å². The van der Waals surface area contributed by atoms with E-state index in [4.69, 9.17) is 10.5 Å². The molecule has 1 heterocycles. The summed E-state index contributed by atoms with van der Waals surface area (Å²) in [5.41, 5.74) is 7.79. The lowest BCUT2D eigenvalue weighted by molar-refractivity contribution is -0.126. The Morgan fingerprint density at radius 1 is 1.44 bits per heavy atom. The van der Waals surface area contributed by atoms with Crippen LogP contribution >= 0.6 is 12.4 Å². The first kappa shape index (κ1) is 19.5. The first-order chi connectivity index (χ1) is 11.5. The fraction of sp³-hybridized carbons (Fsp3) is 0.556. The van der Waals surface area contributed by atoms with E-state index in [0.717, 1.165) is 24.1 Å². The van der Waals surface area contributed by atoms with Crippen LogP contribution in [0.4, 0.5) is 5.69 Å². The number of anilines is 1. The van der Waals surface area contributed by atoms with E-state index in [2.05, 4.69) is 5.32 Å². The summed E-state index contributed by atoms with van der Waals surface area (Å²) in [6.45, 7) is 2.83. The number of carbonyl (C=O) groups is 2. The van der Waals surface area contributed by atoms with Crippen molar-refractivity contribution in [2.24, 2.45) is 17.6 Å². The second-order valence-electron chi connectivity index (χ2n) is 6.83. The molecule has 2 unspecified atom stereocenters. The summed E-state index contributed by atoms with van der Waals surface area (Å²) in [5.74, 6) is 0.711. The molecule has 2 fully saturated rings. The Labute approximate surface area is 154 Å². The van der Waals surface area contributed by atoms with Crippen molar-refractivity contribution in [3.63, 3.8) is 0 Å². The number of rotatable bonds is 6. The van der Waals surface area contributed by atoms with E-state index in [1.165, 1.54) is 0 Å². The maximum Gasteiger partial charge on any atom is 0.227 e. The average molecular weight is 368 g/mol. The van der Waals surface area contributed by atoms with Gasteiger partial charge in [0.2, 0.25) is 11.8 Å². The van der Waals surface area contributed by atoms with Gasteiger partial charge in [-0.2, -0.15) is 0 Å². The predicted octanol–water partition coefficient (Wildman–Crippen LogP) is 1.63. The van der Waals surface area contributed by atoms with Gasteiger partial charge < -0.3 is 20.7 Å². The summed E-state index contributed by atoms with van der Waals surface area (Å²) < 4.78 is 5.36. The molecule has 25 heavy (non-hydrogen) atoms. The fourth-order valence-corrected chi connectivity index (χ4v) is 3.18. The van der Waals surface area contributed by atoms with Crippen molar-refractivity contribution in [1.82, 2.24) is 5.32 Å². The van der Waals surface area contributed by atoms with Gasteiger partial charge in [-0.1, -0.05) is 6.07 Å². The van der Waals surface area contributed by atoms with E-state index < -0.39 is 0 Å². The molecule has 3 N–H and O–H groups in total. The minimum absolute atomic E-state index is 0. The van der Waals surface area contributed by atoms with Crippen LogP contribution in [0, 0.1) is 18.8 Å². The molecule has 1 saturated carbocycles. The van der Waals surface area contributed by atoms with Gasteiger partial charge in [-0.3, -0.25) is 9.59 Å². The largest absolute Gasteiger partial charge is 0.495 e. The number of aryl methyl sites for hydroxylation is 1. The second-order valence-corrected chi connectivity index (χ2v) is 6.83. The van der Waals surface area contributed by atoms with Crippen molar-refractivity contribution in [1.29, 1.82) is 0 Å². The monoisotopic (exact) mass is 367 g/mol. The molecule has 0 spiro atoms. The summed E-state index contributed by atoms with van der Waals surface area (Å²) in [4.78, 5) is 26.4. The SMILES string of the molecule is COc1ccc(C)cc1N1CC(C(=O)NCC(N)C2CC2)CC1=O.Cl. The average Bonchev–Trinajstić information content (AvgIpc) is 3.34. The van der Waals surface area contributed by atoms with Gasteiger partial charge in [0.05, 0.1) is 18.7 Å². The number of hydrogen-bond donors (Lipinski definition) is 2. The molecule has 0 radical (unpaired) electrons. The molecule has 0 bridgehead atoms. The Kier molecular flexibility index (Phi) is 6.30. The zero-order valence-electron chi connectivity index (χ0n) is 14.7. The topological polar surface area (TPSA) is 84.7 Å². The van der Waals surface area contributed by atoms with Crippen molar-refractivity contribution in [2.75, 3.05) is 25.1 Å². The van der Waals surface area contributed by atoms with Gasteiger partial charge in [-0.25, -0.2) is 0 Å². The fourth-order valence-electron chi connectivity index (χ4n) is 3.18. The van der Waals surface area contributed by atoms with Crippen molar-refractivity contribution < 1.29 is 14.3 Å². The summed E-state index contributed by atoms with van der Waals surface area (Å²) >= 11 is 0. The molecule has 1 aliphatic carbocycles. The summed E-state index contributed by atoms with van der Waals surface area (Å²) in [6.07, 6.45) is 2.53. The van der Waals surface area contributed by atoms with Crippen LogP contribution in [0.1, 0.15) is 24.8 Å². The maximum atomic E-state index is 12.4. The van der Waals surface area contributed by atoms with Gasteiger partial charge in [0.25, 0.3) is 0 Å². The number of methoxy groups -OCH3 is 1. The van der Waals surface area contributed by atoms with Gasteiger partial charge in [0.1, 0.15) is 5.75 Å². The van der Waals surface area contributed by atoms with Crippen LogP contribution < -0.4 is 20.7 Å². The van der Waals surface area contributed by atoms with E-state index in [-0.39, 0.29) is 42.6 Å². The van der Waals surface area contributed by atoms with Crippen molar-refractivity contribution >= 4 is 29.9 Å². The number of hydrogen-bond acceptors (Lipinski definition) is 4. The van der Waals surface area contributed by atoms with Crippen molar-refractivity contribution in [3.8, 4) is 5.75 Å². The molecule has 7 heteroatoms. The van der Waals surface area contributed by atoms with Crippen LogP contribution in [0.5, 0.6) is 5.75 Å². The Balaban J connectivity index is 0.00000225. The molecule has 2 atom stereocenters. The van der Waals surface area contributed by atoms with Crippen molar-refractivity contribution in [2.45, 2.75) is 32.2 Å². The zero-order valence-corrected chi connectivity index (χ0v) is 15.5. The molecule has 2 amide bonds.